The number of nitrogens with zero attached hydrogens (tertiary/aromatic N) is 3. The van der Waals surface area contributed by atoms with Gasteiger partial charge < -0.3 is 4.42 Å². The van der Waals surface area contributed by atoms with Crippen LogP contribution in [-0.2, 0) is 32.9 Å². The number of hydrogen-bond acceptors (Lipinski definition) is 4. The summed E-state index contributed by atoms with van der Waals surface area (Å²) in [6.45, 7) is 16.3. The number of pyridine rings is 3. The first-order valence-electron chi connectivity index (χ1n) is 25.9. The van der Waals surface area contributed by atoms with Crippen LogP contribution in [0.3, 0.4) is 0 Å². The molecule has 367 valence electrons. The zero-order valence-electron chi connectivity index (χ0n) is 43.2. The van der Waals surface area contributed by atoms with Gasteiger partial charge in [0.25, 0.3) is 0 Å². The van der Waals surface area contributed by atoms with Gasteiger partial charge in [-0.1, -0.05) is 194 Å². The summed E-state index contributed by atoms with van der Waals surface area (Å²) >= 11 is 0. The molecular weight excluding hydrogens is 1070 g/mol. The fourth-order valence-electron chi connectivity index (χ4n) is 10.4. The molecule has 0 bridgehead atoms. The van der Waals surface area contributed by atoms with E-state index in [0.717, 1.165) is 52.0 Å². The summed E-state index contributed by atoms with van der Waals surface area (Å²) in [6.07, 6.45) is 14.9. The molecule has 4 heterocycles. The van der Waals surface area contributed by atoms with E-state index in [1.807, 2.05) is 30.6 Å². The molecule has 4 aromatic heterocycles. The maximum atomic E-state index is 6.56. The molecule has 0 atom stereocenters. The summed E-state index contributed by atoms with van der Waals surface area (Å²) in [6, 6.07) is 59.9. The van der Waals surface area contributed by atoms with Crippen LogP contribution in [0.2, 0.25) is 19.6 Å². The van der Waals surface area contributed by atoms with Crippen molar-refractivity contribution in [2.24, 2.45) is 11.8 Å². The summed E-state index contributed by atoms with van der Waals surface area (Å²) in [5.41, 5.74) is 15.2. The Labute approximate surface area is 442 Å². The molecule has 6 heteroatoms. The second kappa shape index (κ2) is 23.9. The van der Waals surface area contributed by atoms with Gasteiger partial charge in [-0.2, -0.15) is 0 Å². The quantitative estimate of drug-likeness (QED) is 0.128. The zero-order chi connectivity index (χ0) is 49.3. The van der Waals surface area contributed by atoms with Crippen molar-refractivity contribution in [1.29, 1.82) is 0 Å². The average Bonchev–Trinajstić information content (AvgIpc) is 3.79. The molecule has 11 rings (SSSR count). The Bertz CT molecular complexity index is 3350. The number of furan rings is 1. The van der Waals surface area contributed by atoms with Crippen LogP contribution in [0.15, 0.2) is 193 Å². The van der Waals surface area contributed by atoms with Crippen LogP contribution < -0.4 is 5.19 Å². The van der Waals surface area contributed by atoms with E-state index in [-0.39, 0.29) is 20.1 Å². The first-order chi connectivity index (χ1) is 34.5. The van der Waals surface area contributed by atoms with Gasteiger partial charge in [0.2, 0.25) is 0 Å². The fraction of sp³-hybridized carbons (Fsp3) is 0.258. The van der Waals surface area contributed by atoms with Gasteiger partial charge in [0.1, 0.15) is 11.2 Å². The summed E-state index contributed by atoms with van der Waals surface area (Å²) in [4.78, 5) is 13.9. The predicted octanol–water partition coefficient (Wildman–Crippen LogP) is 18.0. The molecule has 1 radical (unpaired) electrons. The van der Waals surface area contributed by atoms with Crippen LogP contribution in [0, 0.1) is 11.8 Å². The third-order valence-electron chi connectivity index (χ3n) is 13.8. The van der Waals surface area contributed by atoms with Gasteiger partial charge in [-0.25, -0.2) is 0 Å². The van der Waals surface area contributed by atoms with Crippen LogP contribution >= 0.6 is 0 Å². The minimum absolute atomic E-state index is 0. The normalized spacial score (nSPS) is 12.8. The Balaban J connectivity index is 0.000000159. The summed E-state index contributed by atoms with van der Waals surface area (Å²) in [5.74, 6) is 2.01. The fourth-order valence-corrected chi connectivity index (χ4v) is 12.0. The molecular formula is C66H69IrN3OSi. The number of para-hydroxylation sites is 1. The van der Waals surface area contributed by atoms with Crippen molar-refractivity contribution in [3.8, 4) is 44.9 Å². The average molecular weight is 1140 g/mol. The SMILES string of the molecule is CC(C)Cc1cc(-c2ccccc2)ncc1[Si](C)(C)C.CC(C)Cc1ccnc(-c2ccccc2)c1.[Ir].c1ccc2c(-c3cccc4oc5c(-c6cc(C7CCCCC7)ccn6)cccc5c34)cccc2c1. The van der Waals surface area contributed by atoms with Crippen molar-refractivity contribution in [2.75, 3.05) is 0 Å². The van der Waals surface area contributed by atoms with Gasteiger partial charge in [-0.15, -0.1) is 0 Å². The summed E-state index contributed by atoms with van der Waals surface area (Å²) in [5, 5.41) is 6.33. The maximum absolute atomic E-state index is 6.56. The van der Waals surface area contributed by atoms with Crippen molar-refractivity contribution in [1.82, 2.24) is 15.0 Å². The van der Waals surface area contributed by atoms with E-state index >= 15 is 0 Å². The molecule has 10 aromatic rings. The van der Waals surface area contributed by atoms with Crippen LogP contribution in [0.5, 0.6) is 0 Å². The van der Waals surface area contributed by atoms with Crippen molar-refractivity contribution in [3.63, 3.8) is 0 Å². The molecule has 0 aliphatic heterocycles. The van der Waals surface area contributed by atoms with E-state index < -0.39 is 8.07 Å². The Kier molecular flexibility index (Phi) is 17.3. The van der Waals surface area contributed by atoms with Crippen LogP contribution in [0.1, 0.15) is 82.4 Å². The topological polar surface area (TPSA) is 51.8 Å². The smallest absolute Gasteiger partial charge is 0.144 e. The van der Waals surface area contributed by atoms with Gasteiger partial charge in [0.15, 0.2) is 0 Å². The van der Waals surface area contributed by atoms with Crippen molar-refractivity contribution in [2.45, 2.75) is 98.2 Å². The molecule has 0 N–H and O–H groups in total. The van der Waals surface area contributed by atoms with Crippen molar-refractivity contribution in [3.05, 3.63) is 205 Å². The third kappa shape index (κ3) is 12.5. The molecule has 6 aromatic carbocycles. The minimum atomic E-state index is -1.33. The Morgan fingerprint density at radius 2 is 1.11 bits per heavy atom. The largest absolute Gasteiger partial charge is 0.455 e. The first-order valence-corrected chi connectivity index (χ1v) is 29.4. The predicted molar refractivity (Wildman–Crippen MR) is 305 cm³/mol. The van der Waals surface area contributed by atoms with Gasteiger partial charge in [-0.3, -0.25) is 15.0 Å². The van der Waals surface area contributed by atoms with E-state index in [1.54, 1.807) is 0 Å². The van der Waals surface area contributed by atoms with Gasteiger partial charge in [0, 0.05) is 66.2 Å². The molecule has 4 nitrogen and oxygen atoms in total. The van der Waals surface area contributed by atoms with Crippen LogP contribution in [0.25, 0.3) is 77.6 Å². The number of aromatic nitrogens is 3. The van der Waals surface area contributed by atoms with Gasteiger partial charge >= 0.3 is 0 Å². The van der Waals surface area contributed by atoms with E-state index in [2.05, 4.69) is 210 Å². The molecule has 0 spiro atoms. The summed E-state index contributed by atoms with van der Waals surface area (Å²) in [7, 11) is -1.33. The molecule has 1 aliphatic carbocycles. The Morgan fingerprint density at radius 1 is 0.528 bits per heavy atom. The Morgan fingerprint density at radius 3 is 1.82 bits per heavy atom. The number of rotatable bonds is 10. The number of fused-ring (bicyclic) bond motifs is 4. The molecule has 72 heavy (non-hydrogen) atoms. The van der Waals surface area contributed by atoms with E-state index in [0.29, 0.717) is 17.8 Å². The van der Waals surface area contributed by atoms with Crippen molar-refractivity contribution >= 4 is 46.0 Å². The van der Waals surface area contributed by atoms with Crippen molar-refractivity contribution < 1.29 is 24.5 Å². The monoisotopic (exact) mass is 1140 g/mol. The molecule has 0 saturated heterocycles. The van der Waals surface area contributed by atoms with E-state index in [9.17, 15) is 0 Å². The van der Waals surface area contributed by atoms with Crippen LogP contribution in [0.4, 0.5) is 0 Å². The zero-order valence-corrected chi connectivity index (χ0v) is 46.6. The standard InChI is InChI=1S/C33H27NO.C18H25NSi.C15H17N.Ir/c1-2-9-22(10-3-1)24-19-20-34-30(21-24)28-16-7-17-29-32-27(15-8-18-31(32)35-33(28)29)26-14-6-12-23-11-4-5-13-25(23)26;1-14(2)11-16-12-17(15-9-7-6-8-10-15)19-13-18(16)20(3,4)5;1-12(2)10-13-8-9-16-15(11-13)14-6-4-3-5-7-14;/h4-8,11-22H,1-3,9-10H2;6-10,12-14H,11H2,1-5H3;3-9,11-12H,10H2,1-2H3;. The van der Waals surface area contributed by atoms with Gasteiger partial charge in [-0.05, 0) is 130 Å². The second-order valence-corrected chi connectivity index (χ2v) is 26.3. The summed E-state index contributed by atoms with van der Waals surface area (Å²) < 4.78 is 6.56. The maximum Gasteiger partial charge on any atom is 0.144 e. The third-order valence-corrected chi connectivity index (χ3v) is 15.8. The molecule has 1 fully saturated rings. The molecule has 0 amide bonds. The Hall–Kier alpha value is -6.30. The molecule has 1 saturated carbocycles. The molecule has 0 unspecified atom stereocenters. The molecule has 1 aliphatic rings. The minimum Gasteiger partial charge on any atom is -0.455 e. The number of hydrogen-bond donors (Lipinski definition) is 0. The second-order valence-electron chi connectivity index (χ2n) is 21.3. The van der Waals surface area contributed by atoms with E-state index in [1.165, 1.54) is 92.4 Å². The van der Waals surface area contributed by atoms with E-state index in [4.69, 9.17) is 14.4 Å². The first kappa shape index (κ1) is 52.0. The van der Waals surface area contributed by atoms with Crippen LogP contribution in [-0.4, -0.2) is 23.0 Å². The number of benzene rings is 6. The van der Waals surface area contributed by atoms with Gasteiger partial charge in [0.05, 0.1) is 25.2 Å².